The molecule has 0 radical (unpaired) electrons. The molecule has 0 saturated heterocycles. The predicted molar refractivity (Wildman–Crippen MR) is 213 cm³/mol. The van der Waals surface area contributed by atoms with E-state index in [2.05, 4.69) is 30.9 Å². The normalized spacial score (nSPS) is 11.9. The van der Waals surface area contributed by atoms with Crippen molar-refractivity contribution in [2.75, 3.05) is 25.1 Å². The van der Waals surface area contributed by atoms with Gasteiger partial charge in [0.2, 0.25) is 0 Å². The fourth-order valence-corrected chi connectivity index (χ4v) is 7.64. The summed E-state index contributed by atoms with van der Waals surface area (Å²) in [5.41, 5.74) is 19.4. The SMILES string of the molecule is Cc1cc(OCCCc2c(C=O)n(CCN(C)c3cn(C)c4ccc(/C(N)=N/NN)cc34)c3c(-c4c(C)nn(C)c4C)c(Cl)ccc23)cc(C)c1Cl. The van der Waals surface area contributed by atoms with E-state index in [-0.39, 0.29) is 5.84 Å². The second-order valence-electron chi connectivity index (χ2n) is 13.3. The molecule has 0 unspecified atom stereocenters. The third-order valence-electron chi connectivity index (χ3n) is 9.96. The van der Waals surface area contributed by atoms with Crippen LogP contribution >= 0.6 is 23.2 Å². The number of ether oxygens (including phenoxy) is 1. The molecule has 11 nitrogen and oxygen atoms in total. The summed E-state index contributed by atoms with van der Waals surface area (Å²) in [6.07, 6.45) is 4.41. The Morgan fingerprint density at radius 2 is 1.77 bits per heavy atom. The number of halogens is 2. The Labute approximate surface area is 313 Å². The molecule has 0 spiro atoms. The monoisotopic (exact) mass is 741 g/mol. The molecule has 0 aliphatic carbocycles. The first-order valence-electron chi connectivity index (χ1n) is 17.1. The summed E-state index contributed by atoms with van der Waals surface area (Å²) >= 11 is 13.5. The van der Waals surface area contributed by atoms with E-state index in [1.54, 1.807) is 0 Å². The Bertz CT molecular complexity index is 2330. The fourth-order valence-electron chi connectivity index (χ4n) is 7.28. The van der Waals surface area contributed by atoms with Crippen LogP contribution in [-0.2, 0) is 27.1 Å². The highest BCUT2D eigenvalue weighted by Crippen LogP contribution is 2.42. The number of likely N-dealkylation sites (N-methyl/N-ethyl adjacent to an activating group) is 1. The zero-order chi connectivity index (χ0) is 37.4. The summed E-state index contributed by atoms with van der Waals surface area (Å²) in [6, 6.07) is 13.8. The van der Waals surface area contributed by atoms with Crippen LogP contribution in [0.15, 0.2) is 53.8 Å². The summed E-state index contributed by atoms with van der Waals surface area (Å²) in [5, 5.41) is 12.0. The Kier molecular flexibility index (Phi) is 10.6. The zero-order valence-corrected chi connectivity index (χ0v) is 32.2. The minimum Gasteiger partial charge on any atom is -0.494 e. The summed E-state index contributed by atoms with van der Waals surface area (Å²) in [7, 11) is 6.00. The van der Waals surface area contributed by atoms with Gasteiger partial charge in [0.25, 0.3) is 0 Å². The van der Waals surface area contributed by atoms with Crippen LogP contribution in [0.3, 0.4) is 0 Å². The lowest BCUT2D eigenvalue weighted by Crippen LogP contribution is -2.24. The van der Waals surface area contributed by atoms with Crippen molar-refractivity contribution in [2.24, 2.45) is 30.8 Å². The first-order valence-corrected chi connectivity index (χ1v) is 17.9. The molecule has 6 rings (SSSR count). The number of carbonyl (C=O) groups is 1. The van der Waals surface area contributed by atoms with Crippen molar-refractivity contribution in [3.05, 3.63) is 98.0 Å². The Hall–Kier alpha value is -4.97. The average Bonchev–Trinajstić information content (AvgIpc) is 3.70. The molecule has 0 amide bonds. The molecule has 5 N–H and O–H groups in total. The number of nitrogens with two attached hydrogens (primary N) is 2. The number of aldehydes is 1. The first kappa shape index (κ1) is 36.8. The molecule has 0 aliphatic rings. The van der Waals surface area contributed by atoms with Crippen LogP contribution in [0, 0.1) is 27.7 Å². The van der Waals surface area contributed by atoms with Crippen molar-refractivity contribution in [3.63, 3.8) is 0 Å². The lowest BCUT2D eigenvalue weighted by atomic mass is 9.98. The number of nitrogens with zero attached hydrogens (tertiary/aromatic N) is 6. The van der Waals surface area contributed by atoms with E-state index in [9.17, 15) is 4.79 Å². The highest BCUT2D eigenvalue weighted by molar-refractivity contribution is 6.35. The van der Waals surface area contributed by atoms with Gasteiger partial charge in [-0.2, -0.15) is 5.10 Å². The molecule has 0 atom stereocenters. The van der Waals surface area contributed by atoms with Gasteiger partial charge in [-0.15, -0.1) is 5.10 Å². The smallest absolute Gasteiger partial charge is 0.166 e. The summed E-state index contributed by atoms with van der Waals surface area (Å²) in [4.78, 5) is 15.3. The van der Waals surface area contributed by atoms with Gasteiger partial charge in [-0.25, -0.2) is 11.4 Å². The summed E-state index contributed by atoms with van der Waals surface area (Å²) in [5.74, 6) is 6.46. The van der Waals surface area contributed by atoms with Crippen molar-refractivity contribution in [1.29, 1.82) is 0 Å². The highest BCUT2D eigenvalue weighted by atomic mass is 35.5. The van der Waals surface area contributed by atoms with Crippen molar-refractivity contribution in [3.8, 4) is 16.9 Å². The number of benzene rings is 3. The van der Waals surface area contributed by atoms with Crippen LogP contribution in [-0.4, -0.2) is 51.2 Å². The molecule has 3 aromatic heterocycles. The lowest BCUT2D eigenvalue weighted by molar-refractivity contribution is 0.111. The second kappa shape index (κ2) is 14.9. The largest absolute Gasteiger partial charge is 0.494 e. The van der Waals surface area contributed by atoms with Gasteiger partial charge in [-0.1, -0.05) is 29.3 Å². The van der Waals surface area contributed by atoms with Gasteiger partial charge in [0.15, 0.2) is 12.1 Å². The van der Waals surface area contributed by atoms with Gasteiger partial charge in [-0.3, -0.25) is 9.48 Å². The number of hydrogen-bond donors (Lipinski definition) is 3. The standard InChI is InChI=1S/C39H45Cl2N9O2/c1-22-17-27(18-23(2)37(22)41)52-16-8-9-28-29-11-12-31(40)36(35-24(3)45-49(7)25(35)4)38(29)50(34(28)21-51)15-14-47(5)33-20-48(6)32-13-10-26(19-30(32)33)39(42)44-46-43/h10-13,17-21,46H,8-9,14-16,43H2,1-7H3,(H2,42,44). The molecule has 13 heteroatoms. The Balaban J connectivity index is 1.40. The molecular formula is C39H45Cl2N9O2. The molecule has 0 fully saturated rings. The van der Waals surface area contributed by atoms with E-state index in [1.807, 2.05) is 96.0 Å². The van der Waals surface area contributed by atoms with Crippen molar-refractivity contribution in [2.45, 2.75) is 47.1 Å². The lowest BCUT2D eigenvalue weighted by Gasteiger charge is -2.21. The van der Waals surface area contributed by atoms with Gasteiger partial charge in [0, 0.05) is 84.1 Å². The summed E-state index contributed by atoms with van der Waals surface area (Å²) < 4.78 is 12.2. The van der Waals surface area contributed by atoms with Crippen LogP contribution < -0.4 is 26.7 Å². The maximum Gasteiger partial charge on any atom is 0.166 e. The number of anilines is 1. The highest BCUT2D eigenvalue weighted by Gasteiger charge is 2.25. The van der Waals surface area contributed by atoms with Crippen LogP contribution in [0.4, 0.5) is 5.69 Å². The van der Waals surface area contributed by atoms with Gasteiger partial charge in [-0.05, 0) is 93.6 Å². The maximum atomic E-state index is 13.1. The molecule has 0 bridgehead atoms. The number of hydrazine groups is 1. The predicted octanol–water partition coefficient (Wildman–Crippen LogP) is 7.12. The van der Waals surface area contributed by atoms with E-state index in [4.69, 9.17) is 44.6 Å². The molecule has 52 heavy (non-hydrogen) atoms. The van der Waals surface area contributed by atoms with Crippen LogP contribution in [0.2, 0.25) is 10.0 Å². The van der Waals surface area contributed by atoms with E-state index in [0.717, 1.165) is 89.3 Å². The minimum atomic E-state index is 0.290. The average molecular weight is 743 g/mol. The number of rotatable bonds is 13. The number of nitrogens with one attached hydrogen (secondary N) is 1. The number of amidine groups is 1. The van der Waals surface area contributed by atoms with Gasteiger partial charge in [0.05, 0.1) is 34.2 Å². The number of carbonyl (C=O) groups excluding carboxylic acids is 1. The molecule has 3 aromatic carbocycles. The topological polar surface area (TPSA) is 134 Å². The molecule has 272 valence electrons. The van der Waals surface area contributed by atoms with E-state index in [0.29, 0.717) is 43.3 Å². The Morgan fingerprint density at radius 3 is 2.42 bits per heavy atom. The van der Waals surface area contributed by atoms with Crippen molar-refractivity contribution in [1.82, 2.24) is 24.4 Å². The molecule has 0 saturated carbocycles. The van der Waals surface area contributed by atoms with E-state index < -0.39 is 0 Å². The molecule has 3 heterocycles. The molecule has 6 aromatic rings. The third kappa shape index (κ3) is 6.71. The van der Waals surface area contributed by atoms with Crippen molar-refractivity contribution >= 4 is 62.8 Å². The van der Waals surface area contributed by atoms with E-state index >= 15 is 0 Å². The number of aryl methyl sites for hydroxylation is 6. The quantitative estimate of drug-likeness (QED) is 0.0287. The second-order valence-corrected chi connectivity index (χ2v) is 14.1. The van der Waals surface area contributed by atoms with Gasteiger partial charge in [0.1, 0.15) is 5.75 Å². The zero-order valence-electron chi connectivity index (χ0n) is 30.6. The number of hydrogen-bond acceptors (Lipinski definition) is 7. The van der Waals surface area contributed by atoms with Crippen LogP contribution in [0.25, 0.3) is 32.9 Å². The van der Waals surface area contributed by atoms with E-state index in [1.165, 1.54) is 0 Å². The minimum absolute atomic E-state index is 0.290. The van der Waals surface area contributed by atoms with Gasteiger partial charge < -0.3 is 24.5 Å². The first-order chi connectivity index (χ1) is 24.9. The van der Waals surface area contributed by atoms with Crippen molar-refractivity contribution < 1.29 is 9.53 Å². The fraction of sp³-hybridized carbons (Fsp3) is 0.308. The molecular weight excluding hydrogens is 697 g/mol. The van der Waals surface area contributed by atoms with Gasteiger partial charge >= 0.3 is 0 Å². The van der Waals surface area contributed by atoms with Crippen LogP contribution in [0.1, 0.15) is 50.6 Å². The number of fused-ring (bicyclic) bond motifs is 2. The van der Waals surface area contributed by atoms with Crippen LogP contribution in [0.5, 0.6) is 5.75 Å². The maximum absolute atomic E-state index is 13.1. The third-order valence-corrected chi connectivity index (χ3v) is 10.9. The Morgan fingerprint density at radius 1 is 1.04 bits per heavy atom. The summed E-state index contributed by atoms with van der Waals surface area (Å²) in [6.45, 7) is 9.58. The number of hydrazone groups is 1. The number of aromatic nitrogens is 4. The molecule has 0 aliphatic heterocycles.